The number of nitrogens with zero attached hydrogens (tertiary/aromatic N) is 2. The minimum atomic E-state index is -0.446. The van der Waals surface area contributed by atoms with Crippen molar-refractivity contribution in [1.82, 2.24) is 9.88 Å². The van der Waals surface area contributed by atoms with Gasteiger partial charge in [-0.2, -0.15) is 0 Å². The molecule has 0 radical (unpaired) electrons. The number of anilines is 1. The maximum atomic E-state index is 12.7. The molecule has 2 aliphatic heterocycles. The molecular weight excluding hydrogens is 318 g/mol. The van der Waals surface area contributed by atoms with Crippen LogP contribution in [0.2, 0.25) is 0 Å². The maximum absolute atomic E-state index is 12.7. The van der Waals surface area contributed by atoms with E-state index in [0.717, 1.165) is 18.5 Å². The van der Waals surface area contributed by atoms with Gasteiger partial charge in [0.05, 0.1) is 25.1 Å². The predicted octanol–water partition coefficient (Wildman–Crippen LogP) is 2.81. The monoisotopic (exact) mass is 345 g/mol. The number of aromatic nitrogens is 1. The van der Waals surface area contributed by atoms with Crippen LogP contribution in [0.1, 0.15) is 55.4 Å². The molecule has 2 saturated heterocycles. The highest BCUT2D eigenvalue weighted by molar-refractivity contribution is 5.92. The number of rotatable bonds is 3. The highest BCUT2D eigenvalue weighted by Gasteiger charge is 2.41. The average Bonchev–Trinajstić information content (AvgIpc) is 3.11. The fourth-order valence-electron chi connectivity index (χ4n) is 4.09. The van der Waals surface area contributed by atoms with Gasteiger partial charge < -0.3 is 19.7 Å². The molecule has 1 N–H and O–H groups in total. The van der Waals surface area contributed by atoms with E-state index < -0.39 is 5.79 Å². The summed E-state index contributed by atoms with van der Waals surface area (Å²) in [5, 5.41) is 3.54. The van der Waals surface area contributed by atoms with Gasteiger partial charge in [0.15, 0.2) is 5.79 Å². The Morgan fingerprint density at radius 2 is 1.84 bits per heavy atom. The Morgan fingerprint density at radius 3 is 2.48 bits per heavy atom. The number of ether oxygens (including phenoxy) is 2. The lowest BCUT2D eigenvalue weighted by Gasteiger charge is -2.37. The zero-order chi connectivity index (χ0) is 17.1. The number of carbonyl (C=O) groups is 1. The molecule has 3 heterocycles. The quantitative estimate of drug-likeness (QED) is 0.913. The highest BCUT2D eigenvalue weighted by atomic mass is 16.7. The molecular formula is C19H27N3O3. The van der Waals surface area contributed by atoms with Crippen LogP contribution in [0.5, 0.6) is 0 Å². The van der Waals surface area contributed by atoms with Crippen LogP contribution in [0.4, 0.5) is 5.69 Å². The smallest absolute Gasteiger partial charge is 0.272 e. The van der Waals surface area contributed by atoms with Gasteiger partial charge in [-0.25, -0.2) is 4.98 Å². The topological polar surface area (TPSA) is 63.7 Å². The molecule has 1 amide bonds. The average molecular weight is 345 g/mol. The predicted molar refractivity (Wildman–Crippen MR) is 94.5 cm³/mol. The third kappa shape index (κ3) is 3.80. The van der Waals surface area contributed by atoms with Crippen molar-refractivity contribution < 1.29 is 14.3 Å². The van der Waals surface area contributed by atoms with E-state index in [1.165, 1.54) is 32.1 Å². The Hall–Kier alpha value is -1.66. The van der Waals surface area contributed by atoms with Gasteiger partial charge in [0.2, 0.25) is 0 Å². The number of hydrogen-bond acceptors (Lipinski definition) is 5. The standard InChI is InChI=1S/C19H27N3O3/c23-18(22-10-8-19(9-11-22)24-12-13-25-19)17-7-6-16(14-20-17)21-15-4-2-1-3-5-15/h6-7,14-15,21H,1-5,8-13H2. The second kappa shape index (κ2) is 7.30. The molecule has 0 atom stereocenters. The lowest BCUT2D eigenvalue weighted by atomic mass is 9.95. The van der Waals surface area contributed by atoms with Crippen LogP contribution in [0.3, 0.4) is 0 Å². The molecule has 136 valence electrons. The van der Waals surface area contributed by atoms with Gasteiger partial charge in [-0.1, -0.05) is 19.3 Å². The van der Waals surface area contributed by atoms with Gasteiger partial charge in [0.25, 0.3) is 5.91 Å². The first-order valence-electron chi connectivity index (χ1n) is 9.54. The first-order valence-corrected chi connectivity index (χ1v) is 9.54. The maximum Gasteiger partial charge on any atom is 0.272 e. The van der Waals surface area contributed by atoms with Crippen molar-refractivity contribution in [3.63, 3.8) is 0 Å². The van der Waals surface area contributed by atoms with Gasteiger partial charge >= 0.3 is 0 Å². The molecule has 6 heteroatoms. The van der Waals surface area contributed by atoms with Gasteiger partial charge in [-0.3, -0.25) is 4.79 Å². The highest BCUT2D eigenvalue weighted by Crippen LogP contribution is 2.31. The molecule has 1 aliphatic carbocycles. The number of hydrogen-bond donors (Lipinski definition) is 1. The summed E-state index contributed by atoms with van der Waals surface area (Å²) in [6.07, 6.45) is 9.64. The van der Waals surface area contributed by atoms with Crippen LogP contribution in [-0.2, 0) is 9.47 Å². The van der Waals surface area contributed by atoms with E-state index >= 15 is 0 Å². The molecule has 25 heavy (non-hydrogen) atoms. The van der Waals surface area contributed by atoms with Crippen LogP contribution in [0.15, 0.2) is 18.3 Å². The third-order valence-electron chi connectivity index (χ3n) is 5.58. The molecule has 4 rings (SSSR count). The summed E-state index contributed by atoms with van der Waals surface area (Å²) in [6, 6.07) is 4.35. The van der Waals surface area contributed by atoms with Crippen molar-refractivity contribution in [1.29, 1.82) is 0 Å². The lowest BCUT2D eigenvalue weighted by molar-refractivity contribution is -0.181. The second-order valence-corrected chi connectivity index (χ2v) is 7.31. The number of amides is 1. The van der Waals surface area contributed by atoms with Crippen LogP contribution >= 0.6 is 0 Å². The minimum absolute atomic E-state index is 0.00272. The second-order valence-electron chi connectivity index (χ2n) is 7.31. The summed E-state index contributed by atoms with van der Waals surface area (Å²) >= 11 is 0. The first-order chi connectivity index (χ1) is 12.2. The summed E-state index contributed by atoms with van der Waals surface area (Å²) in [5.74, 6) is -0.449. The van der Waals surface area contributed by atoms with Crippen LogP contribution in [-0.4, -0.2) is 53.9 Å². The number of nitrogens with one attached hydrogen (secondary N) is 1. The molecule has 0 bridgehead atoms. The molecule has 6 nitrogen and oxygen atoms in total. The Balaban J connectivity index is 1.33. The Kier molecular flexibility index (Phi) is 4.90. The molecule has 1 aromatic rings. The molecule has 3 aliphatic rings. The third-order valence-corrected chi connectivity index (χ3v) is 5.58. The van der Waals surface area contributed by atoms with E-state index in [-0.39, 0.29) is 5.91 Å². The van der Waals surface area contributed by atoms with Crippen LogP contribution in [0, 0.1) is 0 Å². The van der Waals surface area contributed by atoms with Crippen molar-refractivity contribution in [2.45, 2.75) is 56.8 Å². The van der Waals surface area contributed by atoms with Crippen molar-refractivity contribution >= 4 is 11.6 Å². The lowest BCUT2D eigenvalue weighted by Crippen LogP contribution is -2.47. The summed E-state index contributed by atoms with van der Waals surface area (Å²) in [5.41, 5.74) is 1.52. The van der Waals surface area contributed by atoms with Crippen molar-refractivity contribution in [3.8, 4) is 0 Å². The Labute approximate surface area is 148 Å². The van der Waals surface area contributed by atoms with Gasteiger partial charge in [-0.15, -0.1) is 0 Å². The normalized spacial score (nSPS) is 23.8. The fraction of sp³-hybridized carbons (Fsp3) is 0.684. The van der Waals surface area contributed by atoms with E-state index in [1.54, 1.807) is 6.20 Å². The summed E-state index contributed by atoms with van der Waals surface area (Å²) in [4.78, 5) is 18.9. The van der Waals surface area contributed by atoms with E-state index in [9.17, 15) is 4.79 Å². The Bertz CT molecular complexity index is 582. The first kappa shape index (κ1) is 16.8. The zero-order valence-corrected chi connectivity index (χ0v) is 14.7. The van der Waals surface area contributed by atoms with Crippen molar-refractivity contribution in [2.24, 2.45) is 0 Å². The summed E-state index contributed by atoms with van der Waals surface area (Å²) in [7, 11) is 0. The summed E-state index contributed by atoms with van der Waals surface area (Å²) < 4.78 is 11.4. The molecule has 3 fully saturated rings. The number of piperidine rings is 1. The molecule has 1 saturated carbocycles. The Morgan fingerprint density at radius 1 is 1.12 bits per heavy atom. The van der Waals surface area contributed by atoms with Crippen LogP contribution in [0.25, 0.3) is 0 Å². The van der Waals surface area contributed by atoms with Gasteiger partial charge in [-0.05, 0) is 25.0 Å². The molecule has 1 spiro atoms. The fourth-order valence-corrected chi connectivity index (χ4v) is 4.09. The zero-order valence-electron chi connectivity index (χ0n) is 14.7. The number of pyridine rings is 1. The molecule has 1 aromatic heterocycles. The van der Waals surface area contributed by atoms with Crippen molar-refractivity contribution in [3.05, 3.63) is 24.0 Å². The van der Waals surface area contributed by atoms with E-state index in [4.69, 9.17) is 9.47 Å². The molecule has 0 aromatic carbocycles. The number of likely N-dealkylation sites (tertiary alicyclic amines) is 1. The largest absolute Gasteiger partial charge is 0.381 e. The van der Waals surface area contributed by atoms with Gasteiger partial charge in [0, 0.05) is 32.0 Å². The van der Waals surface area contributed by atoms with Crippen LogP contribution < -0.4 is 5.32 Å². The van der Waals surface area contributed by atoms with E-state index in [1.807, 2.05) is 17.0 Å². The van der Waals surface area contributed by atoms with E-state index in [2.05, 4.69) is 10.3 Å². The summed E-state index contributed by atoms with van der Waals surface area (Å²) in [6.45, 7) is 2.63. The van der Waals surface area contributed by atoms with E-state index in [0.29, 0.717) is 38.0 Å². The van der Waals surface area contributed by atoms with Crippen molar-refractivity contribution in [2.75, 3.05) is 31.6 Å². The minimum Gasteiger partial charge on any atom is -0.381 e. The van der Waals surface area contributed by atoms with Gasteiger partial charge in [0.1, 0.15) is 5.69 Å². The SMILES string of the molecule is O=C(c1ccc(NC2CCCCC2)cn1)N1CCC2(CC1)OCCO2. The number of carbonyl (C=O) groups excluding carboxylic acids is 1. The molecule has 0 unspecified atom stereocenters.